The molecule has 1 aliphatic rings. The third-order valence-electron chi connectivity index (χ3n) is 3.75. The van der Waals surface area contributed by atoms with Crippen molar-refractivity contribution < 1.29 is 23.5 Å². The molecule has 0 saturated carbocycles. The van der Waals surface area contributed by atoms with Gasteiger partial charge in [0.15, 0.2) is 0 Å². The Hall–Kier alpha value is -2.37. The highest BCUT2D eigenvalue weighted by atomic mass is 19.1. The van der Waals surface area contributed by atoms with Crippen LogP contribution < -0.4 is 0 Å². The van der Waals surface area contributed by atoms with Crippen molar-refractivity contribution in [3.05, 3.63) is 47.5 Å². The van der Waals surface area contributed by atoms with Gasteiger partial charge in [0.25, 0.3) is 5.91 Å². The Kier molecular flexibility index (Phi) is 6.05. The average molecular weight is 363 g/mol. The summed E-state index contributed by atoms with van der Waals surface area (Å²) in [6.45, 7) is 9.46. The van der Waals surface area contributed by atoms with E-state index in [1.54, 1.807) is 32.9 Å². The summed E-state index contributed by atoms with van der Waals surface area (Å²) in [6.07, 6.45) is 1.23. The number of imide groups is 1. The van der Waals surface area contributed by atoms with Gasteiger partial charge < -0.3 is 9.47 Å². The number of nitrogens with zero attached hydrogens (tertiary/aromatic N) is 1. The van der Waals surface area contributed by atoms with Crippen LogP contribution in [-0.4, -0.2) is 28.5 Å². The Morgan fingerprint density at radius 1 is 1.23 bits per heavy atom. The molecule has 0 aliphatic carbocycles. The van der Waals surface area contributed by atoms with Gasteiger partial charge in [-0.25, -0.2) is 14.1 Å². The molecule has 0 saturated heterocycles. The maximum atomic E-state index is 13.0. The lowest BCUT2D eigenvalue weighted by Crippen LogP contribution is -2.44. The van der Waals surface area contributed by atoms with Gasteiger partial charge in [-0.05, 0) is 50.8 Å². The van der Waals surface area contributed by atoms with Crippen molar-refractivity contribution in [1.82, 2.24) is 4.90 Å². The van der Waals surface area contributed by atoms with Gasteiger partial charge in [0, 0.05) is 6.08 Å². The summed E-state index contributed by atoms with van der Waals surface area (Å²) in [6, 6.07) is 5.44. The zero-order valence-electron chi connectivity index (χ0n) is 15.9. The van der Waals surface area contributed by atoms with Crippen LogP contribution in [0, 0.1) is 11.7 Å². The molecule has 1 aliphatic heterocycles. The van der Waals surface area contributed by atoms with E-state index in [4.69, 9.17) is 9.47 Å². The fourth-order valence-electron chi connectivity index (χ4n) is 2.65. The highest BCUT2D eigenvalue weighted by Crippen LogP contribution is 2.29. The Bertz CT molecular complexity index is 689. The quantitative estimate of drug-likeness (QED) is 0.777. The van der Waals surface area contributed by atoms with Crippen LogP contribution in [0.2, 0.25) is 0 Å². The van der Waals surface area contributed by atoms with E-state index < -0.39 is 23.6 Å². The first-order chi connectivity index (χ1) is 12.1. The molecule has 1 atom stereocenters. The summed E-state index contributed by atoms with van der Waals surface area (Å²) in [5.74, 6) is -0.0932. The molecule has 1 aromatic carbocycles. The fourth-order valence-corrected chi connectivity index (χ4v) is 2.65. The molecular weight excluding hydrogens is 337 g/mol. The molecule has 0 bridgehead atoms. The monoisotopic (exact) mass is 363 g/mol. The predicted molar refractivity (Wildman–Crippen MR) is 95.6 cm³/mol. The number of ether oxygens (including phenoxy) is 2. The molecule has 0 fully saturated rings. The van der Waals surface area contributed by atoms with Crippen molar-refractivity contribution >= 4 is 12.0 Å². The van der Waals surface area contributed by atoms with Crippen LogP contribution in [0.15, 0.2) is 36.1 Å². The van der Waals surface area contributed by atoms with Crippen molar-refractivity contribution in [2.24, 2.45) is 5.92 Å². The molecule has 1 aromatic rings. The van der Waals surface area contributed by atoms with Gasteiger partial charge in [-0.3, -0.25) is 4.79 Å². The lowest BCUT2D eigenvalue weighted by molar-refractivity contribution is -0.125. The highest BCUT2D eigenvalue weighted by molar-refractivity contribution is 6.02. The third-order valence-corrected chi connectivity index (χ3v) is 3.75. The number of carbonyl (C=O) groups is 2. The zero-order valence-corrected chi connectivity index (χ0v) is 15.9. The lowest BCUT2D eigenvalue weighted by atomic mass is 10.0. The Morgan fingerprint density at radius 2 is 1.85 bits per heavy atom. The second kappa shape index (κ2) is 7.89. The van der Waals surface area contributed by atoms with Gasteiger partial charge in [0.1, 0.15) is 29.8 Å². The van der Waals surface area contributed by atoms with Crippen LogP contribution >= 0.6 is 0 Å². The predicted octanol–water partition coefficient (Wildman–Crippen LogP) is 4.42. The first-order valence-electron chi connectivity index (χ1n) is 8.72. The summed E-state index contributed by atoms with van der Waals surface area (Å²) in [7, 11) is 0. The number of rotatable bonds is 5. The number of amides is 2. The van der Waals surface area contributed by atoms with Crippen molar-refractivity contribution in [1.29, 1.82) is 0 Å². The summed E-state index contributed by atoms with van der Waals surface area (Å²) in [4.78, 5) is 26.0. The zero-order chi connectivity index (χ0) is 19.5. The minimum absolute atomic E-state index is 0.191. The van der Waals surface area contributed by atoms with E-state index in [0.717, 1.165) is 10.5 Å². The van der Waals surface area contributed by atoms with Crippen molar-refractivity contribution in [3.8, 4) is 0 Å². The van der Waals surface area contributed by atoms with Crippen molar-refractivity contribution in [2.45, 2.75) is 59.3 Å². The summed E-state index contributed by atoms with van der Waals surface area (Å²) in [5, 5.41) is 0. The SMILES string of the molecule is CC(C)C[C@H]1C(OCc2ccc(F)cc2)=CC(=O)N1C(=O)OC(C)(C)C. The van der Waals surface area contributed by atoms with Crippen LogP contribution in [0.5, 0.6) is 0 Å². The first-order valence-corrected chi connectivity index (χ1v) is 8.72. The topological polar surface area (TPSA) is 55.8 Å². The smallest absolute Gasteiger partial charge is 0.418 e. The van der Waals surface area contributed by atoms with Crippen molar-refractivity contribution in [2.75, 3.05) is 0 Å². The standard InChI is InChI=1S/C20H26FNO4/c1-13(2)10-16-17(25-12-14-6-8-15(21)9-7-14)11-18(23)22(16)19(24)26-20(3,4)5/h6-9,11,13,16H,10,12H2,1-5H3/t16-/m0/s1. The van der Waals surface area contributed by atoms with Gasteiger partial charge in [-0.2, -0.15) is 0 Å². The number of hydrogen-bond acceptors (Lipinski definition) is 4. The van der Waals surface area contributed by atoms with E-state index in [1.807, 2.05) is 13.8 Å². The van der Waals surface area contributed by atoms with Crippen LogP contribution in [-0.2, 0) is 20.9 Å². The largest absolute Gasteiger partial charge is 0.491 e. The molecular formula is C20H26FNO4. The Morgan fingerprint density at radius 3 is 2.38 bits per heavy atom. The van der Waals surface area contributed by atoms with Crippen molar-refractivity contribution in [3.63, 3.8) is 0 Å². The Balaban J connectivity index is 2.14. The number of benzene rings is 1. The van der Waals surface area contributed by atoms with E-state index in [9.17, 15) is 14.0 Å². The number of halogens is 1. The van der Waals surface area contributed by atoms with Gasteiger partial charge in [0.2, 0.25) is 0 Å². The molecule has 6 heteroatoms. The molecule has 2 rings (SSSR count). The van der Waals surface area contributed by atoms with E-state index >= 15 is 0 Å². The average Bonchev–Trinajstić information content (AvgIpc) is 2.80. The molecule has 1 heterocycles. The summed E-state index contributed by atoms with van der Waals surface area (Å²) in [5.41, 5.74) is 0.0797. The molecule has 0 aromatic heterocycles. The molecule has 142 valence electrons. The van der Waals surface area contributed by atoms with E-state index in [0.29, 0.717) is 12.2 Å². The second-order valence-electron chi connectivity index (χ2n) is 7.80. The van der Waals surface area contributed by atoms with Crippen LogP contribution in [0.25, 0.3) is 0 Å². The number of carbonyl (C=O) groups excluding carboxylic acids is 2. The number of hydrogen-bond donors (Lipinski definition) is 0. The molecule has 0 radical (unpaired) electrons. The summed E-state index contributed by atoms with van der Waals surface area (Å²) >= 11 is 0. The maximum absolute atomic E-state index is 13.0. The summed E-state index contributed by atoms with van der Waals surface area (Å²) < 4.78 is 24.2. The van der Waals surface area contributed by atoms with Gasteiger partial charge in [0.05, 0.1) is 0 Å². The second-order valence-corrected chi connectivity index (χ2v) is 7.80. The van der Waals surface area contributed by atoms with E-state index in [1.165, 1.54) is 18.2 Å². The van der Waals surface area contributed by atoms with Gasteiger partial charge in [-0.1, -0.05) is 26.0 Å². The fraction of sp³-hybridized carbons (Fsp3) is 0.500. The minimum Gasteiger partial charge on any atom is -0.491 e. The molecule has 26 heavy (non-hydrogen) atoms. The van der Waals surface area contributed by atoms with Gasteiger partial charge >= 0.3 is 6.09 Å². The third kappa shape index (κ3) is 5.31. The minimum atomic E-state index is -0.697. The lowest BCUT2D eigenvalue weighted by Gasteiger charge is -2.29. The van der Waals surface area contributed by atoms with Crippen LogP contribution in [0.1, 0.15) is 46.6 Å². The van der Waals surface area contributed by atoms with Crippen LogP contribution in [0.3, 0.4) is 0 Å². The van der Waals surface area contributed by atoms with Gasteiger partial charge in [-0.15, -0.1) is 0 Å². The molecule has 5 nitrogen and oxygen atoms in total. The van der Waals surface area contributed by atoms with Crippen LogP contribution in [0.4, 0.5) is 9.18 Å². The molecule has 0 unspecified atom stereocenters. The maximum Gasteiger partial charge on any atom is 0.418 e. The first kappa shape index (κ1) is 19.9. The van der Waals surface area contributed by atoms with E-state index in [2.05, 4.69) is 0 Å². The molecule has 2 amide bonds. The normalized spacial score (nSPS) is 17.5. The molecule has 0 N–H and O–H groups in total. The molecule has 0 spiro atoms. The Labute approximate surface area is 153 Å². The van der Waals surface area contributed by atoms with E-state index in [-0.39, 0.29) is 18.3 Å². The highest BCUT2D eigenvalue weighted by Gasteiger charge is 2.41.